The minimum atomic E-state index is -0.368. The zero-order valence-electron chi connectivity index (χ0n) is 10.6. The molecule has 0 saturated heterocycles. The van der Waals surface area contributed by atoms with Crippen molar-refractivity contribution in [3.05, 3.63) is 34.9 Å². The smallest absolute Gasteiger partial charge is 0.168 e. The molecule has 16 heavy (non-hydrogen) atoms. The minimum Gasteiger partial charge on any atom is -0.330 e. The molecule has 0 spiro atoms. The van der Waals surface area contributed by atoms with Crippen LogP contribution in [-0.4, -0.2) is 12.3 Å². The lowest BCUT2D eigenvalue weighted by Gasteiger charge is -2.23. The number of carbonyl (C=O) groups is 1. The summed E-state index contributed by atoms with van der Waals surface area (Å²) in [6.07, 6.45) is 0.721. The Hall–Kier alpha value is -1.15. The van der Waals surface area contributed by atoms with Gasteiger partial charge in [0, 0.05) is 11.0 Å². The highest BCUT2D eigenvalue weighted by Gasteiger charge is 2.28. The highest BCUT2D eigenvalue weighted by molar-refractivity contribution is 6.01. The van der Waals surface area contributed by atoms with Crippen molar-refractivity contribution in [3.8, 4) is 0 Å². The quantitative estimate of drug-likeness (QED) is 0.791. The fourth-order valence-corrected chi connectivity index (χ4v) is 1.82. The van der Waals surface area contributed by atoms with Crippen LogP contribution >= 0.6 is 0 Å². The zero-order chi connectivity index (χ0) is 12.3. The molecule has 0 heterocycles. The van der Waals surface area contributed by atoms with Gasteiger partial charge in [0.2, 0.25) is 0 Å². The van der Waals surface area contributed by atoms with Gasteiger partial charge in [-0.15, -0.1) is 0 Å². The molecule has 0 atom stereocenters. The normalized spacial score (nSPS) is 11.6. The van der Waals surface area contributed by atoms with Crippen LogP contribution < -0.4 is 5.73 Å². The largest absolute Gasteiger partial charge is 0.330 e. The van der Waals surface area contributed by atoms with Gasteiger partial charge in [0.1, 0.15) is 0 Å². The summed E-state index contributed by atoms with van der Waals surface area (Å²) in [4.78, 5) is 12.4. The molecule has 2 nitrogen and oxygen atoms in total. The molecule has 88 valence electrons. The molecule has 1 aromatic rings. The number of hydrogen-bond acceptors (Lipinski definition) is 2. The summed E-state index contributed by atoms with van der Waals surface area (Å²) in [5.74, 6) is 0.194. The molecular weight excluding hydrogens is 198 g/mol. The molecular formula is C14H21NO. The molecule has 0 aromatic heterocycles. The van der Waals surface area contributed by atoms with E-state index in [9.17, 15) is 4.79 Å². The first-order chi connectivity index (χ1) is 7.38. The lowest BCUT2D eigenvalue weighted by Crippen LogP contribution is -2.28. The number of Topliss-reactive ketones (excluding diaryl/α,β-unsaturated/α-hetero) is 1. The predicted octanol–water partition coefficient (Wildman–Crippen LogP) is 2.86. The second kappa shape index (κ2) is 4.79. The van der Waals surface area contributed by atoms with E-state index in [1.807, 2.05) is 45.9 Å². The van der Waals surface area contributed by atoms with Gasteiger partial charge in [-0.3, -0.25) is 4.79 Å². The molecule has 0 unspecified atom stereocenters. The van der Waals surface area contributed by atoms with Crippen LogP contribution in [0.1, 0.15) is 41.8 Å². The third kappa shape index (κ3) is 2.70. The number of rotatable bonds is 4. The second-order valence-electron chi connectivity index (χ2n) is 5.07. The average Bonchev–Trinajstić information content (AvgIpc) is 2.20. The highest BCUT2D eigenvalue weighted by atomic mass is 16.1. The third-order valence-corrected chi connectivity index (χ3v) is 3.02. The van der Waals surface area contributed by atoms with Gasteiger partial charge >= 0.3 is 0 Å². The van der Waals surface area contributed by atoms with Gasteiger partial charge in [-0.1, -0.05) is 31.5 Å². The fourth-order valence-electron chi connectivity index (χ4n) is 1.82. The molecule has 1 rings (SSSR count). The Balaban J connectivity index is 3.09. The first-order valence-electron chi connectivity index (χ1n) is 5.70. The summed E-state index contributed by atoms with van der Waals surface area (Å²) in [5, 5.41) is 0. The Morgan fingerprint density at radius 3 is 2.50 bits per heavy atom. The van der Waals surface area contributed by atoms with Crippen LogP contribution in [0.3, 0.4) is 0 Å². The molecule has 0 aliphatic carbocycles. The Kier molecular flexibility index (Phi) is 3.87. The first kappa shape index (κ1) is 12.9. The van der Waals surface area contributed by atoms with E-state index in [4.69, 9.17) is 5.73 Å². The van der Waals surface area contributed by atoms with E-state index in [1.54, 1.807) is 0 Å². The van der Waals surface area contributed by atoms with Gasteiger partial charge in [-0.25, -0.2) is 0 Å². The Labute approximate surface area is 97.9 Å². The molecule has 0 saturated carbocycles. The van der Waals surface area contributed by atoms with E-state index in [0.29, 0.717) is 6.54 Å². The van der Waals surface area contributed by atoms with Gasteiger partial charge in [0.25, 0.3) is 0 Å². The van der Waals surface area contributed by atoms with Crippen LogP contribution in [0.2, 0.25) is 0 Å². The maximum atomic E-state index is 12.4. The standard InChI is InChI=1S/C14H21NO/c1-10-5-6-11(2)12(9-10)13(16)14(3,4)7-8-15/h5-6,9H,7-8,15H2,1-4H3. The SMILES string of the molecule is Cc1ccc(C)c(C(=O)C(C)(C)CCN)c1. The molecule has 0 amide bonds. The zero-order valence-corrected chi connectivity index (χ0v) is 10.6. The van der Waals surface area contributed by atoms with E-state index >= 15 is 0 Å². The monoisotopic (exact) mass is 219 g/mol. The number of benzene rings is 1. The summed E-state index contributed by atoms with van der Waals surface area (Å²) in [6, 6.07) is 6.00. The van der Waals surface area contributed by atoms with E-state index in [-0.39, 0.29) is 11.2 Å². The molecule has 1 aromatic carbocycles. The van der Waals surface area contributed by atoms with Crippen molar-refractivity contribution in [2.75, 3.05) is 6.54 Å². The van der Waals surface area contributed by atoms with Crippen molar-refractivity contribution < 1.29 is 4.79 Å². The van der Waals surface area contributed by atoms with Gasteiger partial charge in [0.15, 0.2) is 5.78 Å². The fraction of sp³-hybridized carbons (Fsp3) is 0.500. The molecule has 0 fully saturated rings. The topological polar surface area (TPSA) is 43.1 Å². The predicted molar refractivity (Wildman–Crippen MR) is 67.7 cm³/mol. The van der Waals surface area contributed by atoms with Gasteiger partial charge in [-0.2, -0.15) is 0 Å². The van der Waals surface area contributed by atoms with Crippen molar-refractivity contribution in [1.29, 1.82) is 0 Å². The van der Waals surface area contributed by atoms with Crippen molar-refractivity contribution in [1.82, 2.24) is 0 Å². The van der Waals surface area contributed by atoms with Crippen LogP contribution in [-0.2, 0) is 0 Å². The van der Waals surface area contributed by atoms with Crippen LogP contribution in [0.25, 0.3) is 0 Å². The van der Waals surface area contributed by atoms with Crippen molar-refractivity contribution in [2.24, 2.45) is 11.1 Å². The number of ketones is 1. The number of aryl methyl sites for hydroxylation is 2. The average molecular weight is 219 g/mol. The maximum Gasteiger partial charge on any atom is 0.168 e. The highest BCUT2D eigenvalue weighted by Crippen LogP contribution is 2.27. The van der Waals surface area contributed by atoms with E-state index in [0.717, 1.165) is 23.1 Å². The lowest BCUT2D eigenvalue weighted by atomic mass is 9.80. The number of hydrogen-bond donors (Lipinski definition) is 1. The minimum absolute atomic E-state index is 0.194. The van der Waals surface area contributed by atoms with Gasteiger partial charge < -0.3 is 5.73 Å². The van der Waals surface area contributed by atoms with Crippen LogP contribution in [0, 0.1) is 19.3 Å². The Morgan fingerprint density at radius 1 is 1.31 bits per heavy atom. The van der Waals surface area contributed by atoms with Gasteiger partial charge in [-0.05, 0) is 38.4 Å². The Morgan fingerprint density at radius 2 is 1.94 bits per heavy atom. The summed E-state index contributed by atoms with van der Waals surface area (Å²) >= 11 is 0. The van der Waals surface area contributed by atoms with Crippen molar-refractivity contribution in [2.45, 2.75) is 34.1 Å². The van der Waals surface area contributed by atoms with E-state index in [1.165, 1.54) is 0 Å². The second-order valence-corrected chi connectivity index (χ2v) is 5.07. The maximum absolute atomic E-state index is 12.4. The van der Waals surface area contributed by atoms with Crippen molar-refractivity contribution in [3.63, 3.8) is 0 Å². The first-order valence-corrected chi connectivity index (χ1v) is 5.70. The van der Waals surface area contributed by atoms with Crippen LogP contribution in [0.4, 0.5) is 0 Å². The van der Waals surface area contributed by atoms with E-state index < -0.39 is 0 Å². The Bertz CT molecular complexity index is 394. The third-order valence-electron chi connectivity index (χ3n) is 3.02. The van der Waals surface area contributed by atoms with Crippen LogP contribution in [0.5, 0.6) is 0 Å². The number of nitrogens with two attached hydrogens (primary N) is 1. The molecule has 2 heteroatoms. The molecule has 0 bridgehead atoms. The molecule has 0 radical (unpaired) electrons. The molecule has 0 aliphatic rings. The summed E-state index contributed by atoms with van der Waals surface area (Å²) in [6.45, 7) is 8.45. The van der Waals surface area contributed by atoms with Crippen LogP contribution in [0.15, 0.2) is 18.2 Å². The summed E-state index contributed by atoms with van der Waals surface area (Å²) in [5.41, 5.74) is 8.18. The van der Waals surface area contributed by atoms with Crippen molar-refractivity contribution >= 4 is 5.78 Å². The lowest BCUT2D eigenvalue weighted by molar-refractivity contribution is 0.0828. The summed E-state index contributed by atoms with van der Waals surface area (Å²) < 4.78 is 0. The number of carbonyl (C=O) groups excluding carboxylic acids is 1. The van der Waals surface area contributed by atoms with E-state index in [2.05, 4.69) is 0 Å². The summed E-state index contributed by atoms with van der Waals surface area (Å²) in [7, 11) is 0. The molecule has 2 N–H and O–H groups in total. The molecule has 0 aliphatic heterocycles. The van der Waals surface area contributed by atoms with Gasteiger partial charge in [0.05, 0.1) is 0 Å².